The zero-order valence-corrected chi connectivity index (χ0v) is 11.6. The van der Waals surface area contributed by atoms with Crippen molar-refractivity contribution < 1.29 is 13.9 Å². The molecule has 0 spiro atoms. The van der Waals surface area contributed by atoms with Crippen molar-refractivity contribution in [3.8, 4) is 5.75 Å². The van der Waals surface area contributed by atoms with Crippen LogP contribution in [0, 0.1) is 5.82 Å². The Morgan fingerprint density at radius 3 is 2.71 bits per heavy atom. The third-order valence-electron chi connectivity index (χ3n) is 3.64. The summed E-state index contributed by atoms with van der Waals surface area (Å²) < 4.78 is 18.3. The second kappa shape index (κ2) is 5.09. The maximum Gasteiger partial charge on any atom is 0.254 e. The van der Waals surface area contributed by atoms with Gasteiger partial charge in [-0.05, 0) is 41.5 Å². The molecule has 1 aliphatic heterocycles. The van der Waals surface area contributed by atoms with E-state index >= 15 is 0 Å². The van der Waals surface area contributed by atoms with Gasteiger partial charge in [-0.1, -0.05) is 6.07 Å². The number of ether oxygens (including phenoxy) is 1. The number of halogens is 1. The number of amides is 1. The van der Waals surface area contributed by atoms with Crippen LogP contribution in [0.25, 0.3) is 0 Å². The van der Waals surface area contributed by atoms with Gasteiger partial charge in [0.15, 0.2) is 11.6 Å². The molecule has 2 N–H and O–H groups in total. The van der Waals surface area contributed by atoms with Crippen LogP contribution < -0.4 is 10.5 Å². The van der Waals surface area contributed by atoms with Crippen LogP contribution in [-0.2, 0) is 13.1 Å². The first-order valence-electron chi connectivity index (χ1n) is 6.58. The van der Waals surface area contributed by atoms with Gasteiger partial charge in [-0.3, -0.25) is 4.79 Å². The number of carbonyl (C=O) groups excluding carboxylic acids is 1. The van der Waals surface area contributed by atoms with Gasteiger partial charge in [-0.25, -0.2) is 4.39 Å². The number of nitrogens with two attached hydrogens (primary N) is 1. The second-order valence-electron chi connectivity index (χ2n) is 5.04. The lowest BCUT2D eigenvalue weighted by molar-refractivity contribution is 0.0751. The fourth-order valence-electron chi connectivity index (χ4n) is 2.53. The van der Waals surface area contributed by atoms with Crippen LogP contribution >= 0.6 is 0 Å². The van der Waals surface area contributed by atoms with E-state index in [1.54, 1.807) is 4.90 Å². The Labute approximate surface area is 121 Å². The van der Waals surface area contributed by atoms with E-state index in [0.29, 0.717) is 24.3 Å². The molecule has 1 heterocycles. The van der Waals surface area contributed by atoms with Crippen molar-refractivity contribution in [1.29, 1.82) is 0 Å². The molecule has 1 amide bonds. The molecule has 0 bridgehead atoms. The highest BCUT2D eigenvalue weighted by molar-refractivity contribution is 5.95. The van der Waals surface area contributed by atoms with Gasteiger partial charge in [0, 0.05) is 24.3 Å². The average molecular weight is 286 g/mol. The summed E-state index contributed by atoms with van der Waals surface area (Å²) in [4.78, 5) is 14.2. The van der Waals surface area contributed by atoms with Crippen LogP contribution in [0.4, 0.5) is 10.1 Å². The molecule has 21 heavy (non-hydrogen) atoms. The number of nitrogen functional groups attached to an aromatic ring is 1. The Hall–Kier alpha value is -2.56. The van der Waals surface area contributed by atoms with Crippen LogP contribution in [0.5, 0.6) is 5.75 Å². The normalized spacial score (nSPS) is 13.1. The van der Waals surface area contributed by atoms with E-state index in [0.717, 1.165) is 11.1 Å². The van der Waals surface area contributed by atoms with Gasteiger partial charge in [0.05, 0.1) is 7.11 Å². The zero-order valence-electron chi connectivity index (χ0n) is 11.6. The Morgan fingerprint density at radius 1 is 1.19 bits per heavy atom. The van der Waals surface area contributed by atoms with Crippen molar-refractivity contribution in [3.05, 3.63) is 58.9 Å². The largest absolute Gasteiger partial charge is 0.494 e. The van der Waals surface area contributed by atoms with E-state index in [9.17, 15) is 9.18 Å². The molecule has 2 aromatic carbocycles. The van der Waals surface area contributed by atoms with Crippen LogP contribution in [0.15, 0.2) is 36.4 Å². The van der Waals surface area contributed by atoms with Gasteiger partial charge in [0.25, 0.3) is 5.91 Å². The first kappa shape index (κ1) is 13.4. The number of hydrogen-bond acceptors (Lipinski definition) is 3. The summed E-state index contributed by atoms with van der Waals surface area (Å²) in [5, 5.41) is 0. The summed E-state index contributed by atoms with van der Waals surface area (Å²) >= 11 is 0. The van der Waals surface area contributed by atoms with Gasteiger partial charge < -0.3 is 15.4 Å². The summed E-state index contributed by atoms with van der Waals surface area (Å²) in [7, 11) is 1.38. The Balaban J connectivity index is 1.84. The number of methoxy groups -OCH3 is 1. The number of carbonyl (C=O) groups is 1. The zero-order chi connectivity index (χ0) is 15.0. The van der Waals surface area contributed by atoms with Crippen molar-refractivity contribution in [2.75, 3.05) is 12.8 Å². The summed E-state index contributed by atoms with van der Waals surface area (Å²) in [6.07, 6.45) is 0. The topological polar surface area (TPSA) is 55.6 Å². The molecular formula is C16H15FN2O2. The van der Waals surface area contributed by atoms with Crippen LogP contribution in [0.1, 0.15) is 21.5 Å². The highest BCUT2D eigenvalue weighted by Crippen LogP contribution is 2.27. The smallest absolute Gasteiger partial charge is 0.254 e. The highest BCUT2D eigenvalue weighted by Gasteiger charge is 2.24. The number of benzene rings is 2. The minimum absolute atomic E-state index is 0.0711. The fraction of sp³-hybridized carbons (Fsp3) is 0.188. The van der Waals surface area contributed by atoms with Crippen LogP contribution in [0.2, 0.25) is 0 Å². The average Bonchev–Trinajstić information content (AvgIpc) is 2.90. The minimum Gasteiger partial charge on any atom is -0.494 e. The first-order valence-corrected chi connectivity index (χ1v) is 6.58. The second-order valence-corrected chi connectivity index (χ2v) is 5.04. The van der Waals surface area contributed by atoms with E-state index < -0.39 is 5.82 Å². The molecule has 0 atom stereocenters. The number of hydrogen-bond donors (Lipinski definition) is 1. The summed E-state index contributed by atoms with van der Waals surface area (Å²) in [6.45, 7) is 1.05. The molecular weight excluding hydrogens is 271 g/mol. The van der Waals surface area contributed by atoms with Crippen molar-refractivity contribution in [2.24, 2.45) is 0 Å². The third kappa shape index (κ3) is 2.42. The maximum atomic E-state index is 13.4. The van der Waals surface area contributed by atoms with E-state index in [4.69, 9.17) is 10.5 Å². The van der Waals surface area contributed by atoms with Crippen LogP contribution in [0.3, 0.4) is 0 Å². The molecule has 0 aliphatic carbocycles. The third-order valence-corrected chi connectivity index (χ3v) is 3.64. The van der Waals surface area contributed by atoms with E-state index in [2.05, 4.69) is 0 Å². The first-order chi connectivity index (χ1) is 10.1. The van der Waals surface area contributed by atoms with Gasteiger partial charge in [0.2, 0.25) is 0 Å². The van der Waals surface area contributed by atoms with Gasteiger partial charge in [-0.2, -0.15) is 0 Å². The quantitative estimate of drug-likeness (QED) is 0.863. The van der Waals surface area contributed by atoms with Gasteiger partial charge in [-0.15, -0.1) is 0 Å². The number of fused-ring (bicyclic) bond motifs is 1. The summed E-state index contributed by atoms with van der Waals surface area (Å²) in [5.41, 5.74) is 9.00. The molecule has 108 valence electrons. The maximum absolute atomic E-state index is 13.4. The van der Waals surface area contributed by atoms with Crippen LogP contribution in [-0.4, -0.2) is 17.9 Å². The SMILES string of the molecule is COc1cc(C(=O)N2Cc3ccc(N)cc3C2)ccc1F. The molecule has 0 radical (unpaired) electrons. The monoisotopic (exact) mass is 286 g/mol. The number of rotatable bonds is 2. The van der Waals surface area contributed by atoms with E-state index in [-0.39, 0.29) is 11.7 Å². The van der Waals surface area contributed by atoms with Gasteiger partial charge in [0.1, 0.15) is 0 Å². The lowest BCUT2D eigenvalue weighted by Gasteiger charge is -2.16. The molecule has 3 rings (SSSR count). The molecule has 0 fully saturated rings. The molecule has 4 nitrogen and oxygen atoms in total. The highest BCUT2D eigenvalue weighted by atomic mass is 19.1. The Kier molecular flexibility index (Phi) is 3.25. The standard InChI is InChI=1S/C16H15FN2O2/c1-21-15-7-10(3-5-14(15)17)16(20)19-8-11-2-4-13(18)6-12(11)9-19/h2-7H,8-9,18H2,1H3. The predicted octanol–water partition coefficient (Wildman–Crippen LogP) is 2.57. The Bertz CT molecular complexity index is 715. The fourth-order valence-corrected chi connectivity index (χ4v) is 2.53. The van der Waals surface area contributed by atoms with Crippen molar-refractivity contribution in [2.45, 2.75) is 13.1 Å². The minimum atomic E-state index is -0.480. The number of nitrogens with zero attached hydrogens (tertiary/aromatic N) is 1. The van der Waals surface area contributed by atoms with E-state index in [1.807, 2.05) is 18.2 Å². The Morgan fingerprint density at radius 2 is 1.95 bits per heavy atom. The van der Waals surface area contributed by atoms with Gasteiger partial charge >= 0.3 is 0 Å². The lowest BCUT2D eigenvalue weighted by Crippen LogP contribution is -2.25. The molecule has 0 saturated heterocycles. The molecule has 0 aromatic heterocycles. The van der Waals surface area contributed by atoms with E-state index in [1.165, 1.54) is 25.3 Å². The molecule has 5 heteroatoms. The lowest BCUT2D eigenvalue weighted by atomic mass is 10.1. The number of anilines is 1. The molecule has 2 aromatic rings. The molecule has 1 aliphatic rings. The van der Waals surface area contributed by atoms with Crippen molar-refractivity contribution in [1.82, 2.24) is 4.90 Å². The summed E-state index contributed by atoms with van der Waals surface area (Å²) in [6, 6.07) is 9.78. The summed E-state index contributed by atoms with van der Waals surface area (Å²) in [5.74, 6) is -0.559. The molecule has 0 unspecified atom stereocenters. The molecule has 0 saturated carbocycles. The predicted molar refractivity (Wildman–Crippen MR) is 77.4 cm³/mol. The van der Waals surface area contributed by atoms with Crippen molar-refractivity contribution in [3.63, 3.8) is 0 Å². The van der Waals surface area contributed by atoms with Crippen molar-refractivity contribution >= 4 is 11.6 Å².